The SMILES string of the molecule is C=CCC(C)C(C)NCc1ccccc1F. The Morgan fingerprint density at radius 2 is 2.06 bits per heavy atom. The number of benzene rings is 1. The van der Waals surface area contributed by atoms with Crippen LogP contribution in [0.5, 0.6) is 0 Å². The molecule has 0 fully saturated rings. The van der Waals surface area contributed by atoms with Crippen molar-refractivity contribution < 1.29 is 4.39 Å². The Labute approximate surface area is 97.4 Å². The lowest BCUT2D eigenvalue weighted by atomic mass is 9.99. The molecule has 88 valence electrons. The van der Waals surface area contributed by atoms with Crippen LogP contribution in [0.4, 0.5) is 4.39 Å². The van der Waals surface area contributed by atoms with E-state index in [1.54, 1.807) is 6.07 Å². The molecule has 0 aliphatic rings. The lowest BCUT2D eigenvalue weighted by Gasteiger charge is -2.20. The van der Waals surface area contributed by atoms with E-state index in [1.165, 1.54) is 6.07 Å². The summed E-state index contributed by atoms with van der Waals surface area (Å²) in [5.74, 6) is 0.378. The normalized spacial score (nSPS) is 14.4. The largest absolute Gasteiger partial charge is 0.310 e. The number of allylic oxidation sites excluding steroid dienone is 1. The highest BCUT2D eigenvalue weighted by molar-refractivity contribution is 5.17. The molecule has 0 aromatic heterocycles. The third-order valence-electron chi connectivity index (χ3n) is 2.96. The molecule has 0 saturated heterocycles. The fraction of sp³-hybridized carbons (Fsp3) is 0.429. The number of nitrogens with one attached hydrogen (secondary N) is 1. The van der Waals surface area contributed by atoms with Crippen LogP contribution in [0, 0.1) is 11.7 Å². The lowest BCUT2D eigenvalue weighted by Crippen LogP contribution is -2.31. The van der Waals surface area contributed by atoms with E-state index in [2.05, 4.69) is 25.7 Å². The van der Waals surface area contributed by atoms with E-state index < -0.39 is 0 Å². The average Bonchev–Trinajstić information content (AvgIpc) is 2.28. The van der Waals surface area contributed by atoms with Gasteiger partial charge in [-0.25, -0.2) is 4.39 Å². The van der Waals surface area contributed by atoms with E-state index >= 15 is 0 Å². The van der Waals surface area contributed by atoms with E-state index in [4.69, 9.17) is 0 Å². The highest BCUT2D eigenvalue weighted by Crippen LogP contribution is 2.10. The summed E-state index contributed by atoms with van der Waals surface area (Å²) >= 11 is 0. The summed E-state index contributed by atoms with van der Waals surface area (Å²) in [4.78, 5) is 0. The van der Waals surface area contributed by atoms with Gasteiger partial charge in [0.05, 0.1) is 0 Å². The van der Waals surface area contributed by atoms with E-state index in [9.17, 15) is 4.39 Å². The zero-order valence-electron chi connectivity index (χ0n) is 10.0. The van der Waals surface area contributed by atoms with Gasteiger partial charge in [0.2, 0.25) is 0 Å². The van der Waals surface area contributed by atoms with E-state index in [0.29, 0.717) is 18.5 Å². The lowest BCUT2D eigenvalue weighted by molar-refractivity contribution is 0.399. The van der Waals surface area contributed by atoms with E-state index in [0.717, 1.165) is 12.0 Å². The van der Waals surface area contributed by atoms with Crippen molar-refractivity contribution in [3.05, 3.63) is 48.3 Å². The van der Waals surface area contributed by atoms with Crippen LogP contribution in [-0.4, -0.2) is 6.04 Å². The number of hydrogen-bond acceptors (Lipinski definition) is 1. The van der Waals surface area contributed by atoms with Crippen molar-refractivity contribution in [2.45, 2.75) is 32.9 Å². The number of hydrogen-bond donors (Lipinski definition) is 1. The van der Waals surface area contributed by atoms with Crippen molar-refractivity contribution in [3.63, 3.8) is 0 Å². The number of halogens is 1. The maximum atomic E-state index is 13.3. The molecule has 0 bridgehead atoms. The first-order valence-electron chi connectivity index (χ1n) is 5.72. The van der Waals surface area contributed by atoms with Crippen molar-refractivity contribution in [1.82, 2.24) is 5.32 Å². The predicted molar refractivity (Wildman–Crippen MR) is 66.7 cm³/mol. The zero-order chi connectivity index (χ0) is 12.0. The molecule has 1 N–H and O–H groups in total. The molecule has 1 nitrogen and oxygen atoms in total. The predicted octanol–water partition coefficient (Wildman–Crippen LogP) is 3.52. The summed E-state index contributed by atoms with van der Waals surface area (Å²) in [5.41, 5.74) is 0.722. The van der Waals surface area contributed by atoms with Gasteiger partial charge in [-0.3, -0.25) is 0 Å². The topological polar surface area (TPSA) is 12.0 Å². The van der Waals surface area contributed by atoms with Gasteiger partial charge in [0.25, 0.3) is 0 Å². The quantitative estimate of drug-likeness (QED) is 0.725. The summed E-state index contributed by atoms with van der Waals surface area (Å²) in [6.45, 7) is 8.59. The van der Waals surface area contributed by atoms with Crippen molar-refractivity contribution in [1.29, 1.82) is 0 Å². The first kappa shape index (κ1) is 12.9. The van der Waals surface area contributed by atoms with Gasteiger partial charge in [0.15, 0.2) is 0 Å². The van der Waals surface area contributed by atoms with Crippen LogP contribution < -0.4 is 5.32 Å². The van der Waals surface area contributed by atoms with Gasteiger partial charge in [-0.2, -0.15) is 0 Å². The second-order valence-electron chi connectivity index (χ2n) is 4.26. The Balaban J connectivity index is 2.45. The summed E-state index contributed by atoms with van der Waals surface area (Å²) < 4.78 is 13.3. The summed E-state index contributed by atoms with van der Waals surface area (Å²) in [7, 11) is 0. The Bertz CT molecular complexity index is 335. The Morgan fingerprint density at radius 3 is 2.69 bits per heavy atom. The second kappa shape index (κ2) is 6.44. The first-order chi connectivity index (χ1) is 7.65. The molecular weight excluding hydrogens is 201 g/mol. The van der Waals surface area contributed by atoms with E-state index in [1.807, 2.05) is 18.2 Å². The van der Waals surface area contributed by atoms with Gasteiger partial charge in [-0.15, -0.1) is 6.58 Å². The molecule has 2 unspecified atom stereocenters. The molecule has 0 aliphatic heterocycles. The minimum Gasteiger partial charge on any atom is -0.310 e. The van der Waals surface area contributed by atoms with Crippen molar-refractivity contribution in [2.75, 3.05) is 0 Å². The van der Waals surface area contributed by atoms with Gasteiger partial charge in [-0.05, 0) is 25.3 Å². The second-order valence-corrected chi connectivity index (χ2v) is 4.26. The molecule has 0 aliphatic carbocycles. The van der Waals surface area contributed by atoms with Gasteiger partial charge in [0, 0.05) is 18.2 Å². The van der Waals surface area contributed by atoms with E-state index in [-0.39, 0.29) is 5.82 Å². The molecule has 0 heterocycles. The standard InChI is InChI=1S/C14H20FN/c1-4-7-11(2)12(3)16-10-13-8-5-6-9-14(13)15/h4-6,8-9,11-12,16H,1,7,10H2,2-3H3. The van der Waals surface area contributed by atoms with Crippen molar-refractivity contribution in [2.24, 2.45) is 5.92 Å². The third-order valence-corrected chi connectivity index (χ3v) is 2.96. The van der Waals surface area contributed by atoms with Crippen molar-refractivity contribution in [3.8, 4) is 0 Å². The molecule has 2 atom stereocenters. The van der Waals surface area contributed by atoms with Crippen LogP contribution in [0.2, 0.25) is 0 Å². The maximum absolute atomic E-state index is 13.3. The van der Waals surface area contributed by atoms with Gasteiger partial charge >= 0.3 is 0 Å². The third kappa shape index (κ3) is 3.78. The zero-order valence-corrected chi connectivity index (χ0v) is 10.0. The fourth-order valence-electron chi connectivity index (χ4n) is 1.58. The molecule has 0 radical (unpaired) electrons. The molecule has 1 rings (SSSR count). The smallest absolute Gasteiger partial charge is 0.127 e. The molecule has 1 aromatic carbocycles. The Kier molecular flexibility index (Phi) is 5.20. The summed E-state index contributed by atoms with van der Waals surface area (Å²) in [5, 5.41) is 3.34. The highest BCUT2D eigenvalue weighted by atomic mass is 19.1. The minimum absolute atomic E-state index is 0.140. The molecule has 0 saturated carbocycles. The summed E-state index contributed by atoms with van der Waals surface area (Å²) in [6, 6.07) is 7.24. The molecule has 16 heavy (non-hydrogen) atoms. The van der Waals surface area contributed by atoms with Crippen LogP contribution in [0.25, 0.3) is 0 Å². The highest BCUT2D eigenvalue weighted by Gasteiger charge is 2.10. The van der Waals surface area contributed by atoms with Gasteiger partial charge < -0.3 is 5.32 Å². The van der Waals surface area contributed by atoms with Gasteiger partial charge in [0.1, 0.15) is 5.82 Å². The fourth-order valence-corrected chi connectivity index (χ4v) is 1.58. The molecule has 0 amide bonds. The molecule has 2 heteroatoms. The molecule has 0 spiro atoms. The maximum Gasteiger partial charge on any atom is 0.127 e. The van der Waals surface area contributed by atoms with Crippen LogP contribution in [0.3, 0.4) is 0 Å². The molecule has 1 aromatic rings. The average molecular weight is 221 g/mol. The number of rotatable bonds is 6. The monoisotopic (exact) mass is 221 g/mol. The van der Waals surface area contributed by atoms with Crippen LogP contribution in [-0.2, 0) is 6.54 Å². The molecular formula is C14H20FN. The van der Waals surface area contributed by atoms with Crippen molar-refractivity contribution >= 4 is 0 Å². The Hall–Kier alpha value is -1.15. The first-order valence-corrected chi connectivity index (χ1v) is 5.72. The minimum atomic E-state index is -0.140. The van der Waals surface area contributed by atoms with Crippen LogP contribution >= 0.6 is 0 Å². The van der Waals surface area contributed by atoms with Crippen LogP contribution in [0.1, 0.15) is 25.8 Å². The van der Waals surface area contributed by atoms with Crippen LogP contribution in [0.15, 0.2) is 36.9 Å². The van der Waals surface area contributed by atoms with Gasteiger partial charge in [-0.1, -0.05) is 31.2 Å². The Morgan fingerprint density at radius 1 is 1.38 bits per heavy atom. The summed E-state index contributed by atoms with van der Waals surface area (Å²) in [6.07, 6.45) is 2.90.